The quantitative estimate of drug-likeness (QED) is 0.770. The molecule has 1 N–H and O–H groups in total. The third kappa shape index (κ3) is 3.26. The number of nitrogens with zero attached hydrogens (tertiary/aromatic N) is 1. The van der Waals surface area contributed by atoms with Gasteiger partial charge in [0.15, 0.2) is 0 Å². The van der Waals surface area contributed by atoms with Crippen LogP contribution < -0.4 is 9.46 Å². The number of benzene rings is 2. The summed E-state index contributed by atoms with van der Waals surface area (Å²) in [5, 5.41) is 0. The van der Waals surface area contributed by atoms with E-state index >= 15 is 0 Å². The van der Waals surface area contributed by atoms with Crippen LogP contribution in [0.25, 0.3) is 5.69 Å². The van der Waals surface area contributed by atoms with E-state index in [1.54, 1.807) is 23.0 Å². The van der Waals surface area contributed by atoms with E-state index in [0.29, 0.717) is 11.4 Å². The lowest BCUT2D eigenvalue weighted by atomic mass is 10.2. The molecule has 1 aromatic heterocycles. The summed E-state index contributed by atoms with van der Waals surface area (Å²) in [6.07, 6.45) is 3.57. The van der Waals surface area contributed by atoms with Crippen LogP contribution in [0.5, 0.6) is 5.75 Å². The van der Waals surface area contributed by atoms with E-state index in [4.69, 9.17) is 4.74 Å². The monoisotopic (exact) mass is 346 g/mol. The molecule has 0 saturated carbocycles. The van der Waals surface area contributed by atoms with E-state index in [1.807, 2.05) is 12.1 Å². The van der Waals surface area contributed by atoms with Crippen LogP contribution in [0.1, 0.15) is 0 Å². The molecule has 2 aromatic carbocycles. The maximum atomic E-state index is 14.0. The molecular weight excluding hydrogens is 331 g/mol. The summed E-state index contributed by atoms with van der Waals surface area (Å²) in [6.45, 7) is 0. The summed E-state index contributed by atoms with van der Waals surface area (Å²) in [5.74, 6) is -0.113. The molecule has 0 aliphatic carbocycles. The number of sulfonamides is 1. The average molecular weight is 346 g/mol. The Kier molecular flexibility index (Phi) is 4.26. The lowest BCUT2D eigenvalue weighted by molar-refractivity contribution is 0.414. The van der Waals surface area contributed by atoms with Gasteiger partial charge in [0.05, 0.1) is 17.7 Å². The van der Waals surface area contributed by atoms with Gasteiger partial charge in [-0.05, 0) is 54.6 Å². The van der Waals surface area contributed by atoms with E-state index in [-0.39, 0.29) is 10.6 Å². The molecule has 0 atom stereocenters. The third-order valence-corrected chi connectivity index (χ3v) is 4.85. The van der Waals surface area contributed by atoms with Crippen molar-refractivity contribution in [2.24, 2.45) is 0 Å². The molecule has 0 aliphatic heterocycles. The van der Waals surface area contributed by atoms with Gasteiger partial charge in [0.25, 0.3) is 10.0 Å². The van der Waals surface area contributed by atoms with E-state index in [2.05, 4.69) is 4.72 Å². The number of anilines is 1. The van der Waals surface area contributed by atoms with E-state index in [1.165, 1.54) is 43.5 Å². The normalized spacial score (nSPS) is 11.2. The molecule has 124 valence electrons. The Labute approximate surface area is 139 Å². The number of nitrogens with one attached hydrogen (secondary N) is 1. The number of hydrogen-bond acceptors (Lipinski definition) is 3. The first-order valence-electron chi connectivity index (χ1n) is 7.09. The molecule has 0 amide bonds. The fourth-order valence-corrected chi connectivity index (χ4v) is 3.28. The first-order valence-corrected chi connectivity index (χ1v) is 8.58. The van der Waals surface area contributed by atoms with Gasteiger partial charge in [-0.25, -0.2) is 12.8 Å². The van der Waals surface area contributed by atoms with Crippen LogP contribution >= 0.6 is 0 Å². The Morgan fingerprint density at radius 1 is 1.04 bits per heavy atom. The molecule has 0 spiro atoms. The van der Waals surface area contributed by atoms with Gasteiger partial charge in [0, 0.05) is 18.1 Å². The fourth-order valence-electron chi connectivity index (χ4n) is 2.22. The largest absolute Gasteiger partial charge is 0.497 e. The molecule has 0 bridgehead atoms. The number of rotatable bonds is 5. The number of aromatic nitrogens is 1. The maximum Gasteiger partial charge on any atom is 0.261 e. The molecule has 0 fully saturated rings. The van der Waals surface area contributed by atoms with Crippen LogP contribution in [-0.4, -0.2) is 20.1 Å². The van der Waals surface area contributed by atoms with Gasteiger partial charge < -0.3 is 9.30 Å². The highest BCUT2D eigenvalue weighted by Gasteiger charge is 2.17. The predicted octanol–water partition coefficient (Wildman–Crippen LogP) is 3.43. The minimum absolute atomic E-state index is 0.0223. The number of ether oxygens (including phenoxy) is 1. The topological polar surface area (TPSA) is 60.3 Å². The molecule has 0 unspecified atom stereocenters. The number of hydrogen-bond donors (Lipinski definition) is 1. The van der Waals surface area contributed by atoms with Crippen LogP contribution in [0.2, 0.25) is 0 Å². The third-order valence-electron chi connectivity index (χ3n) is 3.47. The molecule has 3 aromatic rings. The average Bonchev–Trinajstić information content (AvgIpc) is 3.11. The minimum atomic E-state index is -3.90. The highest BCUT2D eigenvalue weighted by molar-refractivity contribution is 7.92. The van der Waals surface area contributed by atoms with Crippen LogP contribution in [-0.2, 0) is 10.0 Å². The summed E-state index contributed by atoms with van der Waals surface area (Å²) in [7, 11) is -2.41. The molecule has 24 heavy (non-hydrogen) atoms. The standard InChI is InChI=1S/C17H15FN2O3S/c1-23-14-5-7-15(8-6-14)24(21,22)19-17-12-13(4-9-16(17)18)20-10-2-3-11-20/h2-12,19H,1H3. The molecule has 0 radical (unpaired) electrons. The number of halogens is 1. The van der Waals surface area contributed by atoms with Crippen LogP contribution in [0, 0.1) is 5.82 Å². The van der Waals surface area contributed by atoms with Gasteiger partial charge >= 0.3 is 0 Å². The van der Waals surface area contributed by atoms with Crippen molar-refractivity contribution >= 4 is 15.7 Å². The van der Waals surface area contributed by atoms with Crippen molar-refractivity contribution in [2.45, 2.75) is 4.90 Å². The zero-order valence-electron chi connectivity index (χ0n) is 12.8. The van der Waals surface area contributed by atoms with Gasteiger partial charge in [0.2, 0.25) is 0 Å². The molecule has 7 heteroatoms. The Bertz CT molecular complexity index is 936. The highest BCUT2D eigenvalue weighted by atomic mass is 32.2. The van der Waals surface area contributed by atoms with Crippen molar-refractivity contribution < 1.29 is 17.5 Å². The second kappa shape index (κ2) is 6.37. The first-order chi connectivity index (χ1) is 11.5. The second-order valence-corrected chi connectivity index (χ2v) is 6.72. The van der Waals surface area contributed by atoms with Gasteiger partial charge in [-0.1, -0.05) is 0 Å². The molecular formula is C17H15FN2O3S. The fraction of sp³-hybridized carbons (Fsp3) is 0.0588. The SMILES string of the molecule is COc1ccc(S(=O)(=O)Nc2cc(-n3cccc3)ccc2F)cc1. The molecule has 1 heterocycles. The van der Waals surface area contributed by atoms with Crippen molar-refractivity contribution in [1.29, 1.82) is 0 Å². The lowest BCUT2D eigenvalue weighted by Gasteiger charge is -2.11. The van der Waals surface area contributed by atoms with E-state index in [9.17, 15) is 12.8 Å². The Morgan fingerprint density at radius 3 is 2.33 bits per heavy atom. The van der Waals surface area contributed by atoms with Crippen LogP contribution in [0.3, 0.4) is 0 Å². The van der Waals surface area contributed by atoms with Crippen molar-refractivity contribution in [3.63, 3.8) is 0 Å². The molecule has 0 aliphatic rings. The Morgan fingerprint density at radius 2 is 1.71 bits per heavy atom. The van der Waals surface area contributed by atoms with Gasteiger partial charge in [-0.2, -0.15) is 0 Å². The summed E-state index contributed by atoms with van der Waals surface area (Å²) in [5.41, 5.74) is 0.533. The highest BCUT2D eigenvalue weighted by Crippen LogP contribution is 2.23. The molecule has 3 rings (SSSR count). The van der Waals surface area contributed by atoms with Gasteiger partial charge in [-0.3, -0.25) is 4.72 Å². The smallest absolute Gasteiger partial charge is 0.261 e. The maximum absolute atomic E-state index is 14.0. The molecule has 5 nitrogen and oxygen atoms in total. The summed E-state index contributed by atoms with van der Waals surface area (Å²) < 4.78 is 47.9. The van der Waals surface area contributed by atoms with Crippen LogP contribution in [0.4, 0.5) is 10.1 Å². The van der Waals surface area contributed by atoms with Crippen molar-refractivity contribution in [3.8, 4) is 11.4 Å². The second-order valence-electron chi connectivity index (χ2n) is 5.04. The lowest BCUT2D eigenvalue weighted by Crippen LogP contribution is -2.14. The molecule has 0 saturated heterocycles. The van der Waals surface area contributed by atoms with Crippen molar-refractivity contribution in [3.05, 3.63) is 72.8 Å². The Hall–Kier alpha value is -2.80. The van der Waals surface area contributed by atoms with Gasteiger partial charge in [0.1, 0.15) is 11.6 Å². The number of methoxy groups -OCH3 is 1. The van der Waals surface area contributed by atoms with Crippen molar-refractivity contribution in [1.82, 2.24) is 4.57 Å². The van der Waals surface area contributed by atoms with Crippen molar-refractivity contribution in [2.75, 3.05) is 11.8 Å². The first kappa shape index (κ1) is 16.1. The summed E-state index contributed by atoms with van der Waals surface area (Å²) in [4.78, 5) is 0.0223. The predicted molar refractivity (Wildman–Crippen MR) is 89.5 cm³/mol. The summed E-state index contributed by atoms with van der Waals surface area (Å²) >= 11 is 0. The van der Waals surface area contributed by atoms with Gasteiger partial charge in [-0.15, -0.1) is 0 Å². The Balaban J connectivity index is 1.93. The minimum Gasteiger partial charge on any atom is -0.497 e. The zero-order chi connectivity index (χ0) is 17.2. The zero-order valence-corrected chi connectivity index (χ0v) is 13.6. The van der Waals surface area contributed by atoms with E-state index in [0.717, 1.165) is 0 Å². The van der Waals surface area contributed by atoms with E-state index < -0.39 is 15.8 Å². The summed E-state index contributed by atoms with van der Waals surface area (Å²) in [6, 6.07) is 13.7. The van der Waals surface area contributed by atoms with Crippen LogP contribution in [0.15, 0.2) is 71.9 Å².